The van der Waals surface area contributed by atoms with E-state index in [1.807, 2.05) is 47.6 Å². The molecule has 4 heteroatoms. The topological polar surface area (TPSA) is 63.6 Å². The number of ether oxygens (including phenoxy) is 1. The van der Waals surface area contributed by atoms with Gasteiger partial charge in [0.2, 0.25) is 0 Å². The molecule has 1 rings (SSSR count). The number of carboxylic acid groups (broad SMARTS) is 1. The SMILES string of the molecule is CC(C)c1cc(C(=O)O)c(OC(=O)C(C)(C)CC(C)(C)C)c(C(C)C)c1. The van der Waals surface area contributed by atoms with Crippen LogP contribution in [0.15, 0.2) is 12.1 Å². The van der Waals surface area contributed by atoms with E-state index in [-0.39, 0.29) is 28.6 Å². The van der Waals surface area contributed by atoms with Crippen molar-refractivity contribution in [1.82, 2.24) is 0 Å². The molecule has 0 heterocycles. The molecule has 146 valence electrons. The number of rotatable bonds is 6. The number of carbonyl (C=O) groups excluding carboxylic acids is 1. The molecule has 26 heavy (non-hydrogen) atoms. The van der Waals surface area contributed by atoms with Gasteiger partial charge in [-0.1, -0.05) is 54.5 Å². The van der Waals surface area contributed by atoms with Crippen molar-refractivity contribution >= 4 is 11.9 Å². The monoisotopic (exact) mass is 362 g/mol. The van der Waals surface area contributed by atoms with E-state index in [0.29, 0.717) is 6.42 Å². The summed E-state index contributed by atoms with van der Waals surface area (Å²) in [5.41, 5.74) is 0.993. The molecule has 0 aromatic heterocycles. The minimum Gasteiger partial charge on any atom is -0.478 e. The first-order valence-corrected chi connectivity index (χ1v) is 9.29. The summed E-state index contributed by atoms with van der Waals surface area (Å²) in [4.78, 5) is 24.7. The van der Waals surface area contributed by atoms with Crippen molar-refractivity contribution in [2.75, 3.05) is 0 Å². The Morgan fingerprint density at radius 1 is 1.00 bits per heavy atom. The lowest BCUT2D eigenvalue weighted by molar-refractivity contribution is -0.145. The zero-order valence-corrected chi connectivity index (χ0v) is 17.7. The van der Waals surface area contributed by atoms with Gasteiger partial charge in [0.05, 0.1) is 5.41 Å². The van der Waals surface area contributed by atoms with E-state index in [4.69, 9.17) is 4.74 Å². The molecule has 0 aliphatic carbocycles. The molecule has 0 saturated carbocycles. The van der Waals surface area contributed by atoms with Crippen LogP contribution in [0.1, 0.15) is 102 Å². The first-order valence-electron chi connectivity index (χ1n) is 9.29. The molecule has 0 amide bonds. The molecule has 0 unspecified atom stereocenters. The van der Waals surface area contributed by atoms with Crippen LogP contribution in [-0.2, 0) is 4.79 Å². The predicted octanol–water partition coefficient (Wildman–Crippen LogP) is 6.00. The molecule has 0 fully saturated rings. The van der Waals surface area contributed by atoms with Crippen LogP contribution in [0.25, 0.3) is 0 Å². The highest BCUT2D eigenvalue weighted by molar-refractivity contribution is 5.93. The van der Waals surface area contributed by atoms with Gasteiger partial charge in [0, 0.05) is 0 Å². The number of esters is 1. The van der Waals surface area contributed by atoms with E-state index >= 15 is 0 Å². The van der Waals surface area contributed by atoms with Crippen molar-refractivity contribution < 1.29 is 19.4 Å². The van der Waals surface area contributed by atoms with E-state index < -0.39 is 17.4 Å². The molecule has 4 nitrogen and oxygen atoms in total. The van der Waals surface area contributed by atoms with Crippen LogP contribution in [0.2, 0.25) is 0 Å². The van der Waals surface area contributed by atoms with Gasteiger partial charge in [-0.2, -0.15) is 0 Å². The van der Waals surface area contributed by atoms with Crippen LogP contribution in [0.3, 0.4) is 0 Å². The van der Waals surface area contributed by atoms with Crippen LogP contribution in [0, 0.1) is 10.8 Å². The van der Waals surface area contributed by atoms with Crippen molar-refractivity contribution in [3.05, 3.63) is 28.8 Å². The zero-order chi connectivity index (χ0) is 20.4. The third-order valence-electron chi connectivity index (χ3n) is 4.38. The molecule has 0 radical (unpaired) electrons. The summed E-state index contributed by atoms with van der Waals surface area (Å²) >= 11 is 0. The van der Waals surface area contributed by atoms with Crippen molar-refractivity contribution in [2.45, 2.75) is 80.6 Å². The van der Waals surface area contributed by atoms with Gasteiger partial charge in [-0.05, 0) is 54.7 Å². The summed E-state index contributed by atoms with van der Waals surface area (Å²) in [6.07, 6.45) is 0.641. The molecule has 0 bridgehead atoms. The molecule has 1 aromatic carbocycles. The predicted molar refractivity (Wildman–Crippen MR) is 105 cm³/mol. The lowest BCUT2D eigenvalue weighted by atomic mass is 9.76. The van der Waals surface area contributed by atoms with Crippen molar-refractivity contribution in [1.29, 1.82) is 0 Å². The fourth-order valence-corrected chi connectivity index (χ4v) is 3.34. The number of carbonyl (C=O) groups is 2. The van der Waals surface area contributed by atoms with Crippen LogP contribution < -0.4 is 4.74 Å². The molecule has 0 atom stereocenters. The van der Waals surface area contributed by atoms with Crippen molar-refractivity contribution in [2.24, 2.45) is 10.8 Å². The Bertz CT molecular complexity index is 676. The maximum Gasteiger partial charge on any atom is 0.339 e. The average Bonchev–Trinajstić information content (AvgIpc) is 2.43. The fourth-order valence-electron chi connectivity index (χ4n) is 3.34. The maximum absolute atomic E-state index is 12.9. The molecule has 1 N–H and O–H groups in total. The van der Waals surface area contributed by atoms with Crippen LogP contribution >= 0.6 is 0 Å². The van der Waals surface area contributed by atoms with E-state index in [1.165, 1.54) is 0 Å². The number of hydrogen-bond acceptors (Lipinski definition) is 3. The van der Waals surface area contributed by atoms with Crippen LogP contribution in [-0.4, -0.2) is 17.0 Å². The Morgan fingerprint density at radius 3 is 1.92 bits per heavy atom. The molecular weight excluding hydrogens is 328 g/mol. The van der Waals surface area contributed by atoms with Crippen molar-refractivity contribution in [3.8, 4) is 5.75 Å². The second-order valence-electron chi connectivity index (χ2n) is 9.61. The summed E-state index contributed by atoms with van der Waals surface area (Å²) < 4.78 is 5.72. The van der Waals surface area contributed by atoms with E-state index in [2.05, 4.69) is 20.8 Å². The summed E-state index contributed by atoms with van der Waals surface area (Å²) in [5.74, 6) is -1.06. The highest BCUT2D eigenvalue weighted by Gasteiger charge is 2.35. The van der Waals surface area contributed by atoms with Gasteiger partial charge in [-0.15, -0.1) is 0 Å². The fraction of sp³-hybridized carbons (Fsp3) is 0.636. The highest BCUT2D eigenvalue weighted by Crippen LogP contribution is 2.38. The second kappa shape index (κ2) is 7.81. The van der Waals surface area contributed by atoms with Gasteiger partial charge < -0.3 is 9.84 Å². The summed E-state index contributed by atoms with van der Waals surface area (Å²) in [5, 5.41) is 9.69. The summed E-state index contributed by atoms with van der Waals surface area (Å²) in [6.45, 7) is 17.9. The second-order valence-corrected chi connectivity index (χ2v) is 9.61. The van der Waals surface area contributed by atoms with Crippen LogP contribution in [0.4, 0.5) is 0 Å². The van der Waals surface area contributed by atoms with E-state index in [9.17, 15) is 14.7 Å². The Kier molecular flexibility index (Phi) is 6.67. The smallest absolute Gasteiger partial charge is 0.339 e. The van der Waals surface area contributed by atoms with Gasteiger partial charge in [0.15, 0.2) is 0 Å². The largest absolute Gasteiger partial charge is 0.478 e. The normalized spacial score (nSPS) is 12.6. The zero-order valence-electron chi connectivity index (χ0n) is 17.7. The first-order chi connectivity index (χ1) is 11.7. The van der Waals surface area contributed by atoms with Gasteiger partial charge in [0.1, 0.15) is 11.3 Å². The van der Waals surface area contributed by atoms with E-state index in [0.717, 1.165) is 11.1 Å². The third kappa shape index (κ3) is 5.58. The van der Waals surface area contributed by atoms with Gasteiger partial charge in [-0.25, -0.2) is 4.79 Å². The van der Waals surface area contributed by atoms with Gasteiger partial charge in [0.25, 0.3) is 0 Å². The van der Waals surface area contributed by atoms with E-state index in [1.54, 1.807) is 6.07 Å². The lowest BCUT2D eigenvalue weighted by Crippen LogP contribution is -2.33. The Morgan fingerprint density at radius 2 is 1.54 bits per heavy atom. The number of carboxylic acids is 1. The standard InChI is InChI=1S/C22H34O4/c1-13(2)15-10-16(14(3)4)18(17(11-15)19(23)24)26-20(25)22(8,9)12-21(5,6)7/h10-11,13-14H,12H2,1-9H3,(H,23,24). The number of hydrogen-bond donors (Lipinski definition) is 1. The van der Waals surface area contributed by atoms with Crippen molar-refractivity contribution in [3.63, 3.8) is 0 Å². The summed E-state index contributed by atoms with van der Waals surface area (Å²) in [7, 11) is 0. The minimum atomic E-state index is -1.08. The van der Waals surface area contributed by atoms with Crippen LogP contribution in [0.5, 0.6) is 5.75 Å². The third-order valence-corrected chi connectivity index (χ3v) is 4.38. The molecule has 1 aromatic rings. The first kappa shape index (κ1) is 22.2. The number of aromatic carboxylic acids is 1. The van der Waals surface area contributed by atoms with Gasteiger partial charge in [-0.3, -0.25) is 4.79 Å². The minimum absolute atomic E-state index is 0.0411. The molecule has 0 aliphatic rings. The molecule has 0 saturated heterocycles. The lowest BCUT2D eigenvalue weighted by Gasteiger charge is -2.31. The molecule has 0 aliphatic heterocycles. The summed E-state index contributed by atoms with van der Waals surface area (Å²) in [6, 6.07) is 3.58. The Hall–Kier alpha value is -1.84. The Balaban J connectivity index is 3.42. The van der Waals surface area contributed by atoms with Gasteiger partial charge >= 0.3 is 11.9 Å². The highest BCUT2D eigenvalue weighted by atomic mass is 16.5. The Labute approximate surface area is 158 Å². The molecular formula is C22H34O4. The number of benzene rings is 1. The average molecular weight is 363 g/mol. The maximum atomic E-state index is 12.9. The quantitative estimate of drug-likeness (QED) is 0.498. The molecule has 0 spiro atoms.